The first-order valence-electron chi connectivity index (χ1n) is 12.2. The number of nitrogens with zero attached hydrogens (tertiary/aromatic N) is 3. The number of benzene rings is 3. The standard InChI is InChI=1S/C28H28ClN5O3/c29-21-16-22(34-27(31)32-26(30)33-28(34)14-8-3-9-15-28)24(36-18-19-10-4-1-5-11-19)23(17-21)37-25(35)20-12-6-2-7-13-20/h1-2,4-7,10-13,16-17H,3,8-9,14-15,18H2,(H4,30,31,32,33). The number of anilines is 1. The molecule has 5 rings (SSSR count). The Balaban J connectivity index is 1.61. The lowest BCUT2D eigenvalue weighted by molar-refractivity contribution is 0.0728. The number of carbonyl (C=O) groups is 1. The highest BCUT2D eigenvalue weighted by Gasteiger charge is 2.44. The molecule has 3 aromatic rings. The third-order valence-corrected chi connectivity index (χ3v) is 6.75. The van der Waals surface area contributed by atoms with Crippen LogP contribution in [0.4, 0.5) is 5.69 Å². The maximum Gasteiger partial charge on any atom is 0.343 e. The van der Waals surface area contributed by atoms with E-state index in [2.05, 4.69) is 4.99 Å². The third-order valence-electron chi connectivity index (χ3n) is 6.53. The number of halogens is 1. The van der Waals surface area contributed by atoms with Gasteiger partial charge in [0.2, 0.25) is 11.9 Å². The number of esters is 1. The maximum absolute atomic E-state index is 13.0. The van der Waals surface area contributed by atoms with Gasteiger partial charge in [0.15, 0.2) is 11.5 Å². The van der Waals surface area contributed by atoms with Crippen molar-refractivity contribution in [2.75, 3.05) is 4.90 Å². The molecule has 0 saturated heterocycles. The van der Waals surface area contributed by atoms with Gasteiger partial charge in [-0.25, -0.2) is 9.79 Å². The number of aliphatic imine (C=N–C) groups is 2. The van der Waals surface area contributed by atoms with E-state index in [-0.39, 0.29) is 24.3 Å². The summed E-state index contributed by atoms with van der Waals surface area (Å²) in [6, 6.07) is 21.7. The molecule has 1 aliphatic carbocycles. The average molecular weight is 518 g/mol. The minimum Gasteiger partial charge on any atom is -0.483 e. The highest BCUT2D eigenvalue weighted by atomic mass is 35.5. The van der Waals surface area contributed by atoms with Crippen molar-refractivity contribution in [2.24, 2.45) is 21.5 Å². The lowest BCUT2D eigenvalue weighted by atomic mass is 9.87. The van der Waals surface area contributed by atoms with Gasteiger partial charge in [0.05, 0.1) is 11.3 Å². The van der Waals surface area contributed by atoms with Crippen LogP contribution in [0.25, 0.3) is 0 Å². The fourth-order valence-electron chi connectivity index (χ4n) is 4.87. The molecule has 37 heavy (non-hydrogen) atoms. The molecule has 1 fully saturated rings. The second-order valence-corrected chi connectivity index (χ2v) is 9.54. The predicted octanol–water partition coefficient (Wildman–Crippen LogP) is 5.25. The second-order valence-electron chi connectivity index (χ2n) is 9.10. The monoisotopic (exact) mass is 517 g/mol. The van der Waals surface area contributed by atoms with Crippen LogP contribution in [0.2, 0.25) is 5.02 Å². The molecule has 4 N–H and O–H groups in total. The summed E-state index contributed by atoms with van der Waals surface area (Å²) in [4.78, 5) is 23.9. The average Bonchev–Trinajstić information content (AvgIpc) is 2.89. The number of rotatable bonds is 6. The van der Waals surface area contributed by atoms with Gasteiger partial charge in [0, 0.05) is 11.1 Å². The zero-order valence-electron chi connectivity index (χ0n) is 20.3. The number of carbonyl (C=O) groups excluding carboxylic acids is 1. The lowest BCUT2D eigenvalue weighted by Crippen LogP contribution is -2.58. The molecule has 0 bridgehead atoms. The molecule has 8 nitrogen and oxygen atoms in total. The molecule has 1 spiro atoms. The van der Waals surface area contributed by atoms with Crippen molar-refractivity contribution in [3.63, 3.8) is 0 Å². The minimum absolute atomic E-state index is 0.139. The van der Waals surface area contributed by atoms with Crippen LogP contribution in [0.3, 0.4) is 0 Å². The maximum atomic E-state index is 13.0. The molecule has 0 atom stereocenters. The van der Waals surface area contributed by atoms with Gasteiger partial charge in [0.25, 0.3) is 0 Å². The van der Waals surface area contributed by atoms with E-state index >= 15 is 0 Å². The summed E-state index contributed by atoms with van der Waals surface area (Å²) in [5.41, 5.74) is 13.7. The SMILES string of the molecule is NC1=NC2(CCCCC2)N(c2cc(Cl)cc(OC(=O)c3ccccc3)c2OCc2ccccc2)C(N)=N1. The molecule has 1 aliphatic heterocycles. The molecule has 1 heterocycles. The van der Waals surface area contributed by atoms with Gasteiger partial charge in [-0.05, 0) is 49.4 Å². The molecule has 2 aliphatic rings. The largest absolute Gasteiger partial charge is 0.483 e. The first-order chi connectivity index (χ1) is 17.9. The molecule has 0 unspecified atom stereocenters. The van der Waals surface area contributed by atoms with Crippen LogP contribution in [-0.2, 0) is 6.61 Å². The molecule has 190 valence electrons. The Morgan fingerprint density at radius 1 is 0.973 bits per heavy atom. The molecule has 9 heteroatoms. The Bertz CT molecular complexity index is 1340. The smallest absolute Gasteiger partial charge is 0.343 e. The van der Waals surface area contributed by atoms with Crippen molar-refractivity contribution in [2.45, 2.75) is 44.4 Å². The summed E-state index contributed by atoms with van der Waals surface area (Å²) in [7, 11) is 0. The normalized spacial score (nSPS) is 16.6. The Hall–Kier alpha value is -4.04. The molecular weight excluding hydrogens is 490 g/mol. The van der Waals surface area contributed by atoms with E-state index in [1.165, 1.54) is 0 Å². The van der Waals surface area contributed by atoms with Crippen molar-refractivity contribution >= 4 is 35.2 Å². The van der Waals surface area contributed by atoms with Gasteiger partial charge in [-0.1, -0.05) is 66.6 Å². The van der Waals surface area contributed by atoms with Crippen LogP contribution in [0.1, 0.15) is 48.0 Å². The van der Waals surface area contributed by atoms with Crippen LogP contribution in [-0.4, -0.2) is 23.6 Å². The second kappa shape index (κ2) is 10.5. The highest BCUT2D eigenvalue weighted by molar-refractivity contribution is 6.31. The van der Waals surface area contributed by atoms with Crippen LogP contribution >= 0.6 is 11.6 Å². The Morgan fingerprint density at radius 3 is 2.35 bits per heavy atom. The molecule has 0 radical (unpaired) electrons. The number of guanidine groups is 2. The van der Waals surface area contributed by atoms with E-state index in [0.29, 0.717) is 22.0 Å². The van der Waals surface area contributed by atoms with Crippen LogP contribution in [0.15, 0.2) is 82.8 Å². The summed E-state index contributed by atoms with van der Waals surface area (Å²) < 4.78 is 12.2. The number of hydrogen-bond acceptors (Lipinski definition) is 8. The van der Waals surface area contributed by atoms with Crippen LogP contribution < -0.4 is 25.8 Å². The molecule has 0 aromatic heterocycles. The van der Waals surface area contributed by atoms with Crippen molar-refractivity contribution in [3.8, 4) is 11.5 Å². The minimum atomic E-state index is -0.732. The zero-order chi connectivity index (χ0) is 25.8. The molecule has 3 aromatic carbocycles. The number of hydrogen-bond donors (Lipinski definition) is 2. The summed E-state index contributed by atoms with van der Waals surface area (Å²) in [5.74, 6) is 0.278. The topological polar surface area (TPSA) is 116 Å². The van der Waals surface area contributed by atoms with Crippen molar-refractivity contribution < 1.29 is 14.3 Å². The first kappa shape index (κ1) is 24.6. The quantitative estimate of drug-likeness (QED) is 0.341. The summed E-state index contributed by atoms with van der Waals surface area (Å²) >= 11 is 6.58. The van der Waals surface area contributed by atoms with E-state index in [9.17, 15) is 4.79 Å². The van der Waals surface area contributed by atoms with E-state index < -0.39 is 11.6 Å². The fraction of sp³-hybridized carbons (Fsp3) is 0.250. The van der Waals surface area contributed by atoms with Gasteiger partial charge in [-0.2, -0.15) is 4.99 Å². The summed E-state index contributed by atoms with van der Waals surface area (Å²) in [5, 5.41) is 0.346. The van der Waals surface area contributed by atoms with Gasteiger partial charge >= 0.3 is 5.97 Å². The van der Waals surface area contributed by atoms with E-state index in [1.54, 1.807) is 36.4 Å². The van der Waals surface area contributed by atoms with Crippen molar-refractivity contribution in [1.29, 1.82) is 0 Å². The van der Waals surface area contributed by atoms with Gasteiger partial charge in [-0.3, -0.25) is 4.90 Å². The van der Waals surface area contributed by atoms with E-state index in [4.69, 9.17) is 37.5 Å². The summed E-state index contributed by atoms with van der Waals surface area (Å²) in [6.07, 6.45) is 4.46. The third kappa shape index (κ3) is 5.24. The predicted molar refractivity (Wildman–Crippen MR) is 145 cm³/mol. The molecule has 1 saturated carbocycles. The van der Waals surface area contributed by atoms with Crippen LogP contribution in [0.5, 0.6) is 11.5 Å². The molecular formula is C28H28ClN5O3. The van der Waals surface area contributed by atoms with Gasteiger partial charge < -0.3 is 20.9 Å². The Morgan fingerprint density at radius 2 is 1.65 bits per heavy atom. The van der Waals surface area contributed by atoms with Crippen molar-refractivity contribution in [3.05, 3.63) is 88.9 Å². The number of ether oxygens (including phenoxy) is 2. The Kier molecular flexibility index (Phi) is 7.01. The summed E-state index contributed by atoms with van der Waals surface area (Å²) in [6.45, 7) is 0.231. The van der Waals surface area contributed by atoms with E-state index in [0.717, 1.165) is 37.7 Å². The number of nitrogens with two attached hydrogens (primary N) is 2. The van der Waals surface area contributed by atoms with Gasteiger partial charge in [-0.15, -0.1) is 0 Å². The first-order valence-corrected chi connectivity index (χ1v) is 12.6. The van der Waals surface area contributed by atoms with Crippen molar-refractivity contribution in [1.82, 2.24) is 0 Å². The molecule has 0 amide bonds. The highest BCUT2D eigenvalue weighted by Crippen LogP contribution is 2.47. The van der Waals surface area contributed by atoms with Crippen LogP contribution in [0, 0.1) is 0 Å². The Labute approximate surface area is 220 Å². The zero-order valence-corrected chi connectivity index (χ0v) is 21.0. The lowest BCUT2D eigenvalue weighted by Gasteiger charge is -2.46. The fourth-order valence-corrected chi connectivity index (χ4v) is 5.08. The van der Waals surface area contributed by atoms with E-state index in [1.807, 2.05) is 41.3 Å². The van der Waals surface area contributed by atoms with Gasteiger partial charge in [0.1, 0.15) is 12.3 Å².